The lowest BCUT2D eigenvalue weighted by molar-refractivity contribution is -0.137. The fourth-order valence-corrected chi connectivity index (χ4v) is 4.96. The van der Waals surface area contributed by atoms with Crippen LogP contribution in [0.15, 0.2) is 49.2 Å². The fourth-order valence-electron chi connectivity index (χ4n) is 3.61. The van der Waals surface area contributed by atoms with Gasteiger partial charge in [-0.3, -0.25) is 9.59 Å². The van der Waals surface area contributed by atoms with E-state index in [1.807, 2.05) is 19.9 Å². The number of halogens is 3. The molecular weight excluding hydrogens is 604 g/mol. The molecule has 184 valence electrons. The van der Waals surface area contributed by atoms with Crippen molar-refractivity contribution in [3.63, 3.8) is 0 Å². The summed E-state index contributed by atoms with van der Waals surface area (Å²) >= 11 is 13.3. The van der Waals surface area contributed by atoms with Crippen molar-refractivity contribution in [2.24, 2.45) is 5.10 Å². The lowest BCUT2D eigenvalue weighted by Crippen LogP contribution is -2.43. The molecule has 8 nitrogen and oxygen atoms in total. The second-order valence-corrected chi connectivity index (χ2v) is 10.4. The lowest BCUT2D eigenvalue weighted by Gasteiger charge is -2.26. The molecule has 4 rings (SSSR count). The van der Waals surface area contributed by atoms with Gasteiger partial charge in [-0.15, -0.1) is 0 Å². The van der Waals surface area contributed by atoms with Crippen LogP contribution < -0.4 is 10.3 Å². The standard InChI is InChI=1S/C24H23Br2ClN4O4/c1-14(2)23-29-20-4-3-16(25)11-17(20)24(33)31(23)28-12-15-9-18(26)22(19(27)10-15)35-13-21(32)30-5-7-34-8-6-30/h3-4,9-12,14H,5-8,13H2,1-2H3. The molecule has 35 heavy (non-hydrogen) atoms. The van der Waals surface area contributed by atoms with Crippen molar-refractivity contribution in [2.45, 2.75) is 19.8 Å². The van der Waals surface area contributed by atoms with Gasteiger partial charge in [0.1, 0.15) is 5.82 Å². The molecule has 1 aromatic heterocycles. The van der Waals surface area contributed by atoms with Gasteiger partial charge in [-0.1, -0.05) is 41.4 Å². The zero-order valence-corrected chi connectivity index (χ0v) is 23.1. The molecule has 0 radical (unpaired) electrons. The summed E-state index contributed by atoms with van der Waals surface area (Å²) in [6.45, 7) is 5.92. The number of hydrogen-bond donors (Lipinski definition) is 0. The fraction of sp³-hybridized carbons (Fsp3) is 0.333. The highest BCUT2D eigenvalue weighted by Gasteiger charge is 2.19. The summed E-state index contributed by atoms with van der Waals surface area (Å²) in [5.74, 6) is 0.761. The molecule has 0 aliphatic carbocycles. The number of carbonyl (C=O) groups excluding carboxylic acids is 1. The number of aromatic nitrogens is 2. The summed E-state index contributed by atoms with van der Waals surface area (Å²) in [5.41, 5.74) is 1.000. The minimum atomic E-state index is -0.261. The van der Waals surface area contributed by atoms with Crippen LogP contribution in [0.4, 0.5) is 0 Å². The number of fused-ring (bicyclic) bond motifs is 1. The van der Waals surface area contributed by atoms with E-state index in [1.54, 1.807) is 29.2 Å². The first kappa shape index (κ1) is 25.8. The minimum Gasteiger partial charge on any atom is -0.481 e. The van der Waals surface area contributed by atoms with Crippen molar-refractivity contribution in [3.05, 3.63) is 66.0 Å². The molecule has 0 atom stereocenters. The number of rotatable bonds is 6. The summed E-state index contributed by atoms with van der Waals surface area (Å²) in [5, 5.41) is 5.21. The van der Waals surface area contributed by atoms with E-state index >= 15 is 0 Å². The van der Waals surface area contributed by atoms with Crippen LogP contribution in [0.25, 0.3) is 10.9 Å². The Balaban J connectivity index is 1.59. The van der Waals surface area contributed by atoms with Crippen molar-refractivity contribution >= 4 is 66.5 Å². The summed E-state index contributed by atoms with van der Waals surface area (Å²) in [7, 11) is 0. The number of hydrogen-bond acceptors (Lipinski definition) is 6. The molecule has 0 spiro atoms. The van der Waals surface area contributed by atoms with Crippen molar-refractivity contribution in [1.82, 2.24) is 14.6 Å². The van der Waals surface area contributed by atoms with Crippen LogP contribution in [0.5, 0.6) is 5.75 Å². The van der Waals surface area contributed by atoms with E-state index in [0.717, 1.165) is 4.47 Å². The van der Waals surface area contributed by atoms with Crippen LogP contribution in [0.1, 0.15) is 31.2 Å². The SMILES string of the molecule is CC(C)c1nc2ccc(Br)cc2c(=O)n1N=Cc1cc(Cl)c(OCC(=O)N2CCOCC2)c(Br)c1. The van der Waals surface area contributed by atoms with Gasteiger partial charge in [0, 0.05) is 23.5 Å². The van der Waals surface area contributed by atoms with Crippen molar-refractivity contribution in [2.75, 3.05) is 32.9 Å². The zero-order chi connectivity index (χ0) is 25.1. The third-order valence-electron chi connectivity index (χ3n) is 5.40. The maximum atomic E-state index is 13.2. The lowest BCUT2D eigenvalue weighted by atomic mass is 10.2. The predicted molar refractivity (Wildman–Crippen MR) is 143 cm³/mol. The van der Waals surface area contributed by atoms with E-state index in [-0.39, 0.29) is 24.0 Å². The van der Waals surface area contributed by atoms with E-state index in [2.05, 4.69) is 41.9 Å². The third kappa shape index (κ3) is 5.94. The highest BCUT2D eigenvalue weighted by atomic mass is 79.9. The van der Waals surface area contributed by atoms with Gasteiger partial charge in [-0.2, -0.15) is 9.78 Å². The van der Waals surface area contributed by atoms with Crippen LogP contribution in [0, 0.1) is 0 Å². The topological polar surface area (TPSA) is 86.0 Å². The van der Waals surface area contributed by atoms with Crippen LogP contribution in [0.3, 0.4) is 0 Å². The molecule has 0 unspecified atom stereocenters. The molecule has 1 aliphatic heterocycles. The first-order valence-electron chi connectivity index (χ1n) is 11.0. The van der Waals surface area contributed by atoms with Gasteiger partial charge >= 0.3 is 0 Å². The van der Waals surface area contributed by atoms with E-state index in [4.69, 9.17) is 21.1 Å². The van der Waals surface area contributed by atoms with E-state index in [1.165, 1.54) is 10.9 Å². The number of nitrogens with zero attached hydrogens (tertiary/aromatic N) is 4. The number of amides is 1. The smallest absolute Gasteiger partial charge is 0.282 e. The third-order valence-corrected chi connectivity index (χ3v) is 6.76. The Morgan fingerprint density at radius 3 is 2.69 bits per heavy atom. The normalized spacial score (nSPS) is 14.3. The highest BCUT2D eigenvalue weighted by molar-refractivity contribution is 9.10. The Hall–Kier alpha value is -2.27. The molecule has 0 N–H and O–H groups in total. The van der Waals surface area contributed by atoms with Crippen LogP contribution in [-0.2, 0) is 9.53 Å². The number of morpholine rings is 1. The largest absolute Gasteiger partial charge is 0.481 e. The molecule has 1 fully saturated rings. The average molecular weight is 627 g/mol. The van der Waals surface area contributed by atoms with Gasteiger partial charge in [0.05, 0.1) is 39.8 Å². The summed E-state index contributed by atoms with van der Waals surface area (Å²) in [6.07, 6.45) is 1.54. The molecule has 2 heterocycles. The van der Waals surface area contributed by atoms with Crippen LogP contribution >= 0.6 is 43.5 Å². The predicted octanol–water partition coefficient (Wildman–Crippen LogP) is 4.82. The zero-order valence-electron chi connectivity index (χ0n) is 19.1. The molecule has 1 saturated heterocycles. The van der Waals surface area contributed by atoms with Gasteiger partial charge in [0.15, 0.2) is 12.4 Å². The van der Waals surface area contributed by atoms with Gasteiger partial charge in [0.2, 0.25) is 0 Å². The first-order valence-corrected chi connectivity index (χ1v) is 12.9. The maximum absolute atomic E-state index is 13.2. The summed E-state index contributed by atoms with van der Waals surface area (Å²) in [4.78, 5) is 31.9. The second kappa shape index (κ2) is 11.2. The average Bonchev–Trinajstić information content (AvgIpc) is 2.83. The molecule has 2 aromatic carbocycles. The van der Waals surface area contributed by atoms with Crippen molar-refractivity contribution < 1.29 is 14.3 Å². The molecule has 0 saturated carbocycles. The Morgan fingerprint density at radius 2 is 2.00 bits per heavy atom. The number of ether oxygens (including phenoxy) is 2. The van der Waals surface area contributed by atoms with Gasteiger partial charge in [-0.05, 0) is 51.8 Å². The van der Waals surface area contributed by atoms with E-state index in [9.17, 15) is 9.59 Å². The maximum Gasteiger partial charge on any atom is 0.282 e. The Kier molecular flexibility index (Phi) is 8.26. The molecule has 1 aliphatic rings. The Morgan fingerprint density at radius 1 is 1.26 bits per heavy atom. The first-order chi connectivity index (χ1) is 16.7. The molecule has 3 aromatic rings. The van der Waals surface area contributed by atoms with E-state index < -0.39 is 0 Å². The van der Waals surface area contributed by atoms with Crippen molar-refractivity contribution in [3.8, 4) is 5.75 Å². The van der Waals surface area contributed by atoms with Gasteiger partial charge < -0.3 is 14.4 Å². The summed E-state index contributed by atoms with van der Waals surface area (Å²) in [6, 6.07) is 8.81. The molecular formula is C24H23Br2ClN4O4. The quantitative estimate of drug-likeness (QED) is 0.367. The van der Waals surface area contributed by atoms with E-state index in [0.29, 0.717) is 63.8 Å². The van der Waals surface area contributed by atoms with Gasteiger partial charge in [-0.25, -0.2) is 4.98 Å². The monoisotopic (exact) mass is 624 g/mol. The molecule has 0 bridgehead atoms. The second-order valence-electron chi connectivity index (χ2n) is 8.24. The molecule has 11 heteroatoms. The number of benzene rings is 2. The van der Waals surface area contributed by atoms with Crippen LogP contribution in [-0.4, -0.2) is 59.6 Å². The number of carbonyl (C=O) groups is 1. The summed E-state index contributed by atoms with van der Waals surface area (Å²) < 4.78 is 13.6. The Labute approximate surface area is 224 Å². The van der Waals surface area contributed by atoms with Crippen LogP contribution in [0.2, 0.25) is 5.02 Å². The highest BCUT2D eigenvalue weighted by Crippen LogP contribution is 2.34. The van der Waals surface area contributed by atoms with Crippen molar-refractivity contribution in [1.29, 1.82) is 0 Å². The Bertz CT molecular complexity index is 1330. The minimum absolute atomic E-state index is 0.0250. The van der Waals surface area contributed by atoms with Gasteiger partial charge in [0.25, 0.3) is 11.5 Å². The molecule has 1 amide bonds.